The van der Waals surface area contributed by atoms with Crippen LogP contribution in [0.1, 0.15) is 6.92 Å². The zero-order valence-corrected chi connectivity index (χ0v) is 14.1. The van der Waals surface area contributed by atoms with Crippen molar-refractivity contribution in [2.75, 3.05) is 23.5 Å². The standard InChI is InChI=1S/C17H17FN2O3S/c1-11(21)19-15-9-13(5-8-16(15)23-2)20-17(22)10-24-14-6-3-12(18)4-7-14/h3-9H,10H2,1-2H3,(H,19,21)(H,20,22). The van der Waals surface area contributed by atoms with Gasteiger partial charge in [0.2, 0.25) is 11.8 Å². The Morgan fingerprint density at radius 2 is 1.83 bits per heavy atom. The molecule has 0 aliphatic heterocycles. The zero-order valence-electron chi connectivity index (χ0n) is 13.3. The van der Waals surface area contributed by atoms with Gasteiger partial charge in [-0.25, -0.2) is 4.39 Å². The van der Waals surface area contributed by atoms with E-state index in [2.05, 4.69) is 10.6 Å². The maximum atomic E-state index is 12.8. The summed E-state index contributed by atoms with van der Waals surface area (Å²) in [6.07, 6.45) is 0. The molecule has 0 aromatic heterocycles. The number of ether oxygens (including phenoxy) is 1. The van der Waals surface area contributed by atoms with Gasteiger partial charge in [0.05, 0.1) is 18.6 Å². The summed E-state index contributed by atoms with van der Waals surface area (Å²) in [7, 11) is 1.50. The summed E-state index contributed by atoms with van der Waals surface area (Å²) >= 11 is 1.31. The summed E-state index contributed by atoms with van der Waals surface area (Å²) in [5, 5.41) is 5.39. The highest BCUT2D eigenvalue weighted by Crippen LogP contribution is 2.28. The summed E-state index contributed by atoms with van der Waals surface area (Å²) in [4.78, 5) is 24.0. The molecule has 0 aliphatic carbocycles. The summed E-state index contributed by atoms with van der Waals surface area (Å²) in [6.45, 7) is 1.39. The van der Waals surface area contributed by atoms with Crippen molar-refractivity contribution in [1.82, 2.24) is 0 Å². The molecule has 5 nitrogen and oxygen atoms in total. The van der Waals surface area contributed by atoms with Gasteiger partial charge in [-0.2, -0.15) is 0 Å². The average Bonchev–Trinajstić information content (AvgIpc) is 2.54. The minimum Gasteiger partial charge on any atom is -0.495 e. The number of nitrogens with one attached hydrogen (secondary N) is 2. The van der Waals surface area contributed by atoms with Gasteiger partial charge in [-0.05, 0) is 42.5 Å². The Morgan fingerprint density at radius 3 is 2.46 bits per heavy atom. The van der Waals surface area contributed by atoms with Crippen molar-refractivity contribution in [3.8, 4) is 5.75 Å². The van der Waals surface area contributed by atoms with E-state index in [4.69, 9.17) is 4.74 Å². The summed E-state index contributed by atoms with van der Waals surface area (Å²) < 4.78 is 18.0. The Morgan fingerprint density at radius 1 is 1.12 bits per heavy atom. The van der Waals surface area contributed by atoms with E-state index in [1.54, 1.807) is 30.3 Å². The molecule has 0 fully saturated rings. The highest BCUT2D eigenvalue weighted by molar-refractivity contribution is 8.00. The molecule has 7 heteroatoms. The lowest BCUT2D eigenvalue weighted by Gasteiger charge is -2.12. The molecule has 2 N–H and O–H groups in total. The lowest BCUT2D eigenvalue weighted by Crippen LogP contribution is -2.14. The van der Waals surface area contributed by atoms with Gasteiger partial charge in [-0.1, -0.05) is 0 Å². The number of carbonyl (C=O) groups is 2. The number of hydrogen-bond acceptors (Lipinski definition) is 4. The van der Waals surface area contributed by atoms with Crippen molar-refractivity contribution in [2.45, 2.75) is 11.8 Å². The van der Waals surface area contributed by atoms with Gasteiger partial charge in [0.1, 0.15) is 11.6 Å². The Balaban J connectivity index is 1.97. The molecule has 2 rings (SSSR count). The molecular formula is C17H17FN2O3S. The molecule has 0 unspecified atom stereocenters. The summed E-state index contributed by atoms with van der Waals surface area (Å²) in [6, 6.07) is 10.9. The molecule has 0 radical (unpaired) electrons. The molecule has 0 saturated carbocycles. The highest BCUT2D eigenvalue weighted by atomic mass is 32.2. The maximum Gasteiger partial charge on any atom is 0.234 e. The van der Waals surface area contributed by atoms with Crippen LogP contribution >= 0.6 is 11.8 Å². The van der Waals surface area contributed by atoms with E-state index >= 15 is 0 Å². The first kappa shape index (κ1) is 17.8. The largest absolute Gasteiger partial charge is 0.495 e. The van der Waals surface area contributed by atoms with Gasteiger partial charge in [0.25, 0.3) is 0 Å². The molecule has 0 bridgehead atoms. The van der Waals surface area contributed by atoms with Gasteiger partial charge < -0.3 is 15.4 Å². The van der Waals surface area contributed by atoms with Crippen LogP contribution in [0.25, 0.3) is 0 Å². The number of benzene rings is 2. The third-order valence-electron chi connectivity index (χ3n) is 2.98. The quantitative estimate of drug-likeness (QED) is 0.784. The Hall–Kier alpha value is -2.54. The second kappa shape index (κ2) is 8.35. The van der Waals surface area contributed by atoms with Crippen molar-refractivity contribution in [3.05, 3.63) is 48.3 Å². The van der Waals surface area contributed by atoms with Gasteiger partial charge in [-0.3, -0.25) is 9.59 Å². The van der Waals surface area contributed by atoms with Crippen LogP contribution in [-0.2, 0) is 9.59 Å². The van der Waals surface area contributed by atoms with E-state index in [0.29, 0.717) is 17.1 Å². The monoisotopic (exact) mass is 348 g/mol. The predicted octanol–water partition coefficient (Wildman–Crippen LogP) is 3.52. The van der Waals surface area contributed by atoms with Crippen molar-refractivity contribution >= 4 is 35.0 Å². The second-order valence-corrected chi connectivity index (χ2v) is 5.94. The molecular weight excluding hydrogens is 331 g/mol. The number of halogens is 1. The number of methoxy groups -OCH3 is 1. The van der Waals surface area contributed by atoms with Crippen molar-refractivity contribution in [2.24, 2.45) is 0 Å². The van der Waals surface area contributed by atoms with Crippen LogP contribution in [0.15, 0.2) is 47.4 Å². The summed E-state index contributed by atoms with van der Waals surface area (Å²) in [5.74, 6) is -0.0593. The lowest BCUT2D eigenvalue weighted by atomic mass is 10.2. The van der Waals surface area contributed by atoms with E-state index in [0.717, 1.165) is 4.90 Å². The molecule has 0 spiro atoms. The molecule has 0 heterocycles. The van der Waals surface area contributed by atoms with Crippen LogP contribution in [0, 0.1) is 5.82 Å². The van der Waals surface area contributed by atoms with Gasteiger partial charge in [0, 0.05) is 17.5 Å². The zero-order chi connectivity index (χ0) is 17.5. The van der Waals surface area contributed by atoms with Crippen LogP contribution in [0.2, 0.25) is 0 Å². The third kappa shape index (κ3) is 5.27. The fourth-order valence-electron chi connectivity index (χ4n) is 1.95. The highest BCUT2D eigenvalue weighted by Gasteiger charge is 2.09. The normalized spacial score (nSPS) is 10.1. The molecule has 0 aliphatic rings. The fourth-order valence-corrected chi connectivity index (χ4v) is 2.65. The van der Waals surface area contributed by atoms with E-state index in [-0.39, 0.29) is 23.4 Å². The van der Waals surface area contributed by atoms with E-state index in [1.807, 2.05) is 0 Å². The van der Waals surface area contributed by atoms with E-state index in [1.165, 1.54) is 37.9 Å². The number of hydrogen-bond donors (Lipinski definition) is 2. The third-order valence-corrected chi connectivity index (χ3v) is 3.99. The number of thioether (sulfide) groups is 1. The van der Waals surface area contributed by atoms with Gasteiger partial charge in [-0.15, -0.1) is 11.8 Å². The molecule has 126 valence electrons. The minimum atomic E-state index is -0.312. The Bertz CT molecular complexity index is 735. The van der Waals surface area contributed by atoms with Crippen molar-refractivity contribution in [3.63, 3.8) is 0 Å². The fraction of sp³-hybridized carbons (Fsp3) is 0.176. The van der Waals surface area contributed by atoms with Crippen LogP contribution in [-0.4, -0.2) is 24.7 Å². The van der Waals surface area contributed by atoms with Crippen molar-refractivity contribution < 1.29 is 18.7 Å². The Labute approximate surface area is 143 Å². The Kier molecular flexibility index (Phi) is 6.20. The number of rotatable bonds is 6. The molecule has 2 amide bonds. The smallest absolute Gasteiger partial charge is 0.234 e. The SMILES string of the molecule is COc1ccc(NC(=O)CSc2ccc(F)cc2)cc1NC(C)=O. The van der Waals surface area contributed by atoms with Crippen LogP contribution in [0.4, 0.5) is 15.8 Å². The minimum absolute atomic E-state index is 0.188. The van der Waals surface area contributed by atoms with Gasteiger partial charge >= 0.3 is 0 Å². The first-order chi connectivity index (χ1) is 11.5. The predicted molar refractivity (Wildman–Crippen MR) is 93.1 cm³/mol. The molecule has 2 aromatic carbocycles. The molecule has 2 aromatic rings. The summed E-state index contributed by atoms with van der Waals surface area (Å²) in [5.41, 5.74) is 1.03. The maximum absolute atomic E-state index is 12.8. The first-order valence-corrected chi connectivity index (χ1v) is 8.10. The average molecular weight is 348 g/mol. The first-order valence-electron chi connectivity index (χ1n) is 7.12. The number of amides is 2. The van der Waals surface area contributed by atoms with Crippen molar-refractivity contribution in [1.29, 1.82) is 0 Å². The lowest BCUT2D eigenvalue weighted by molar-refractivity contribution is -0.114. The topological polar surface area (TPSA) is 67.4 Å². The van der Waals surface area contributed by atoms with Crippen LogP contribution in [0.5, 0.6) is 5.75 Å². The van der Waals surface area contributed by atoms with E-state index < -0.39 is 0 Å². The van der Waals surface area contributed by atoms with Crippen LogP contribution < -0.4 is 15.4 Å². The van der Waals surface area contributed by atoms with Crippen LogP contribution in [0.3, 0.4) is 0 Å². The second-order valence-electron chi connectivity index (χ2n) is 4.89. The van der Waals surface area contributed by atoms with E-state index in [9.17, 15) is 14.0 Å². The van der Waals surface area contributed by atoms with Gasteiger partial charge in [0.15, 0.2) is 0 Å². The molecule has 0 atom stereocenters. The molecule has 0 saturated heterocycles. The number of carbonyl (C=O) groups excluding carboxylic acids is 2. The number of anilines is 2. The molecule has 24 heavy (non-hydrogen) atoms.